The Labute approximate surface area is 227 Å². The Bertz CT molecular complexity index is 2000. The quantitative estimate of drug-likeness (QED) is 0.287. The predicted molar refractivity (Wildman–Crippen MR) is 151 cm³/mol. The van der Waals surface area contributed by atoms with Gasteiger partial charge in [-0.05, 0) is 30.7 Å². The lowest BCUT2D eigenvalue weighted by Gasteiger charge is -2.07. The summed E-state index contributed by atoms with van der Waals surface area (Å²) in [7, 11) is 0. The number of fused-ring (bicyclic) bond motifs is 2. The molecule has 0 radical (unpaired) electrons. The van der Waals surface area contributed by atoms with Gasteiger partial charge in [-0.1, -0.05) is 30.3 Å². The molecule has 11 nitrogen and oxygen atoms in total. The number of hydrogen-bond donors (Lipinski definition) is 3. The highest BCUT2D eigenvalue weighted by molar-refractivity contribution is 5.95. The second kappa shape index (κ2) is 9.55. The lowest BCUT2D eigenvalue weighted by Crippen LogP contribution is -2.14. The third-order valence-electron chi connectivity index (χ3n) is 6.56. The normalized spacial score (nSPS) is 11.3. The second-order valence-electron chi connectivity index (χ2n) is 9.40. The summed E-state index contributed by atoms with van der Waals surface area (Å²) >= 11 is 0. The van der Waals surface area contributed by atoms with Crippen molar-refractivity contribution >= 4 is 33.8 Å². The van der Waals surface area contributed by atoms with Crippen LogP contribution < -0.4 is 5.32 Å². The Balaban J connectivity index is 1.21. The van der Waals surface area contributed by atoms with E-state index in [-0.39, 0.29) is 12.3 Å². The number of pyridine rings is 3. The van der Waals surface area contributed by atoms with Crippen LogP contribution in [-0.4, -0.2) is 50.6 Å². The molecule has 194 valence electrons. The van der Waals surface area contributed by atoms with Crippen molar-refractivity contribution in [2.45, 2.75) is 13.3 Å². The van der Waals surface area contributed by atoms with E-state index in [9.17, 15) is 4.79 Å². The van der Waals surface area contributed by atoms with Crippen LogP contribution in [0.1, 0.15) is 11.3 Å². The zero-order valence-corrected chi connectivity index (χ0v) is 21.3. The molecule has 40 heavy (non-hydrogen) atoms. The van der Waals surface area contributed by atoms with Crippen LogP contribution in [0.5, 0.6) is 0 Å². The summed E-state index contributed by atoms with van der Waals surface area (Å²) in [6.07, 6.45) is 10.8. The molecular formula is C29H22N10O. The molecule has 1 aromatic carbocycles. The van der Waals surface area contributed by atoms with Crippen LogP contribution in [0.4, 0.5) is 5.69 Å². The van der Waals surface area contributed by atoms with E-state index in [4.69, 9.17) is 4.98 Å². The SMILES string of the molecule is Cc1cn(-c2ccnc3[nH]c(-c4n[nH]c5ncc(-c6cncc(NC(=O)Cc7ccccc7)c6)cc45)nc23)cn1. The van der Waals surface area contributed by atoms with Gasteiger partial charge in [0.25, 0.3) is 0 Å². The van der Waals surface area contributed by atoms with Crippen LogP contribution in [0.15, 0.2) is 85.8 Å². The Morgan fingerprint density at radius 1 is 0.975 bits per heavy atom. The number of imidazole rings is 2. The fourth-order valence-corrected chi connectivity index (χ4v) is 4.67. The number of rotatable bonds is 6. The molecule has 0 atom stereocenters. The molecule has 1 amide bonds. The maximum Gasteiger partial charge on any atom is 0.228 e. The lowest BCUT2D eigenvalue weighted by atomic mass is 10.1. The van der Waals surface area contributed by atoms with Gasteiger partial charge in [0.2, 0.25) is 5.91 Å². The highest BCUT2D eigenvalue weighted by Crippen LogP contribution is 2.30. The number of benzene rings is 1. The zero-order valence-electron chi connectivity index (χ0n) is 21.3. The van der Waals surface area contributed by atoms with E-state index in [1.807, 2.05) is 66.2 Å². The van der Waals surface area contributed by atoms with Crippen molar-refractivity contribution in [3.8, 4) is 28.3 Å². The molecular weight excluding hydrogens is 504 g/mol. The molecule has 11 heteroatoms. The van der Waals surface area contributed by atoms with Crippen molar-refractivity contribution in [1.29, 1.82) is 0 Å². The topological polar surface area (TPSA) is 143 Å². The number of carbonyl (C=O) groups excluding carboxylic acids is 1. The molecule has 0 spiro atoms. The van der Waals surface area contributed by atoms with Crippen LogP contribution in [0, 0.1) is 6.92 Å². The van der Waals surface area contributed by atoms with Crippen molar-refractivity contribution < 1.29 is 4.79 Å². The molecule has 7 aromatic rings. The Kier molecular flexibility index (Phi) is 5.59. The molecule has 0 aliphatic rings. The number of anilines is 1. The summed E-state index contributed by atoms with van der Waals surface area (Å²) in [6, 6.07) is 15.4. The maximum absolute atomic E-state index is 12.6. The molecule has 0 unspecified atom stereocenters. The first kappa shape index (κ1) is 23.4. The Morgan fingerprint density at radius 3 is 2.70 bits per heavy atom. The highest BCUT2D eigenvalue weighted by atomic mass is 16.1. The molecule has 0 fully saturated rings. The van der Waals surface area contributed by atoms with E-state index in [0.717, 1.165) is 33.5 Å². The van der Waals surface area contributed by atoms with Gasteiger partial charge in [-0.25, -0.2) is 19.9 Å². The summed E-state index contributed by atoms with van der Waals surface area (Å²) < 4.78 is 1.92. The number of H-pyrrole nitrogens is 2. The van der Waals surface area contributed by atoms with Gasteiger partial charge >= 0.3 is 0 Å². The van der Waals surface area contributed by atoms with E-state index >= 15 is 0 Å². The number of aryl methyl sites for hydroxylation is 1. The number of nitrogens with one attached hydrogen (secondary N) is 3. The molecule has 3 N–H and O–H groups in total. The molecule has 7 rings (SSSR count). The fraction of sp³-hybridized carbons (Fsp3) is 0.0690. The van der Waals surface area contributed by atoms with Crippen LogP contribution in [0.3, 0.4) is 0 Å². The van der Waals surface area contributed by atoms with E-state index in [2.05, 4.69) is 40.4 Å². The number of carbonyl (C=O) groups is 1. The van der Waals surface area contributed by atoms with Crippen molar-refractivity contribution in [2.75, 3.05) is 5.32 Å². The van der Waals surface area contributed by atoms with Crippen molar-refractivity contribution in [2.24, 2.45) is 0 Å². The van der Waals surface area contributed by atoms with Gasteiger partial charge in [0.05, 0.1) is 41.4 Å². The lowest BCUT2D eigenvalue weighted by molar-refractivity contribution is -0.115. The number of aromatic nitrogens is 9. The second-order valence-corrected chi connectivity index (χ2v) is 9.40. The van der Waals surface area contributed by atoms with Gasteiger partial charge in [-0.15, -0.1) is 0 Å². The summed E-state index contributed by atoms with van der Waals surface area (Å²) in [6.45, 7) is 1.94. The molecule has 6 aromatic heterocycles. The Hall–Kier alpha value is -5.71. The summed E-state index contributed by atoms with van der Waals surface area (Å²) in [5.74, 6) is 0.455. The third-order valence-corrected chi connectivity index (χ3v) is 6.56. The summed E-state index contributed by atoms with van der Waals surface area (Å²) in [5.41, 5.74) is 7.55. The van der Waals surface area contributed by atoms with Crippen LogP contribution in [0.2, 0.25) is 0 Å². The minimum atomic E-state index is -0.112. The monoisotopic (exact) mass is 526 g/mol. The molecule has 0 bridgehead atoms. The molecule has 0 saturated carbocycles. The number of amides is 1. The average Bonchev–Trinajstić information content (AvgIpc) is 3.71. The van der Waals surface area contributed by atoms with Gasteiger partial charge in [0.15, 0.2) is 17.1 Å². The van der Waals surface area contributed by atoms with Gasteiger partial charge < -0.3 is 14.9 Å². The molecule has 0 saturated heterocycles. The Morgan fingerprint density at radius 2 is 1.85 bits per heavy atom. The average molecular weight is 527 g/mol. The van der Waals surface area contributed by atoms with Crippen LogP contribution in [0.25, 0.3) is 50.5 Å². The highest BCUT2D eigenvalue weighted by Gasteiger charge is 2.17. The minimum absolute atomic E-state index is 0.112. The number of nitrogens with zero attached hydrogens (tertiary/aromatic N) is 7. The van der Waals surface area contributed by atoms with Gasteiger partial charge in [-0.2, -0.15) is 5.10 Å². The fourth-order valence-electron chi connectivity index (χ4n) is 4.67. The predicted octanol–water partition coefficient (Wildman–Crippen LogP) is 4.63. The number of aromatic amines is 2. The van der Waals surface area contributed by atoms with E-state index in [1.165, 1.54) is 0 Å². The van der Waals surface area contributed by atoms with Crippen molar-refractivity contribution in [3.05, 3.63) is 97.1 Å². The standard InChI is InChI=1S/C29H22N10O/c1-17-15-39(16-33-17)23-7-8-31-28-26(23)35-29(36-28)25-22-11-20(13-32-27(22)38-37-25)19-10-21(14-30-12-19)34-24(40)9-18-5-3-2-4-6-18/h2-8,10-16H,9H2,1H3,(H,34,40)(H,31,35,36)(H,32,37,38). The molecule has 6 heterocycles. The van der Waals surface area contributed by atoms with Crippen LogP contribution in [-0.2, 0) is 11.2 Å². The first-order valence-electron chi connectivity index (χ1n) is 12.6. The maximum atomic E-state index is 12.6. The first-order chi connectivity index (χ1) is 19.6. The van der Waals surface area contributed by atoms with E-state index in [1.54, 1.807) is 31.1 Å². The molecule has 0 aliphatic carbocycles. The van der Waals surface area contributed by atoms with E-state index < -0.39 is 0 Å². The number of hydrogen-bond acceptors (Lipinski definition) is 7. The van der Waals surface area contributed by atoms with E-state index in [0.29, 0.717) is 34.0 Å². The third kappa shape index (κ3) is 4.35. The smallest absolute Gasteiger partial charge is 0.228 e. The summed E-state index contributed by atoms with van der Waals surface area (Å²) in [4.78, 5) is 38.4. The van der Waals surface area contributed by atoms with Gasteiger partial charge in [0.1, 0.15) is 11.2 Å². The van der Waals surface area contributed by atoms with Crippen LogP contribution >= 0.6 is 0 Å². The zero-order chi connectivity index (χ0) is 27.1. The van der Waals surface area contributed by atoms with Crippen molar-refractivity contribution in [3.63, 3.8) is 0 Å². The molecule has 0 aliphatic heterocycles. The summed E-state index contributed by atoms with van der Waals surface area (Å²) in [5, 5.41) is 11.2. The first-order valence-corrected chi connectivity index (χ1v) is 12.6. The largest absolute Gasteiger partial charge is 0.324 e. The van der Waals surface area contributed by atoms with Gasteiger partial charge in [0, 0.05) is 35.9 Å². The van der Waals surface area contributed by atoms with Gasteiger partial charge in [-0.3, -0.25) is 14.9 Å². The minimum Gasteiger partial charge on any atom is -0.324 e. The van der Waals surface area contributed by atoms with Crippen molar-refractivity contribution in [1.82, 2.24) is 44.7 Å².